The highest BCUT2D eigenvalue weighted by molar-refractivity contribution is 6.02. The van der Waals surface area contributed by atoms with Crippen LogP contribution in [0.2, 0.25) is 0 Å². The fourth-order valence-corrected chi connectivity index (χ4v) is 3.70. The zero-order valence-corrected chi connectivity index (χ0v) is 19.6. The Hall–Kier alpha value is -4.60. The van der Waals surface area contributed by atoms with Crippen molar-refractivity contribution in [2.75, 3.05) is 32.3 Å². The van der Waals surface area contributed by atoms with E-state index in [0.29, 0.717) is 17.2 Å². The molecule has 0 bridgehead atoms. The third-order valence-corrected chi connectivity index (χ3v) is 5.59. The number of ether oxygens (including phenoxy) is 4. The van der Waals surface area contributed by atoms with Crippen LogP contribution in [0.15, 0.2) is 65.3 Å². The molecule has 0 N–H and O–H groups in total. The molecule has 1 aliphatic rings. The average molecular weight is 493 g/mol. The fourth-order valence-electron chi connectivity index (χ4n) is 3.70. The zero-order chi connectivity index (χ0) is 25.7. The molecule has 1 aliphatic heterocycles. The maximum atomic E-state index is 12.6. The van der Waals surface area contributed by atoms with E-state index < -0.39 is 30.2 Å². The monoisotopic (exact) mass is 493 g/mol. The predicted molar refractivity (Wildman–Crippen MR) is 125 cm³/mol. The summed E-state index contributed by atoms with van der Waals surface area (Å²) in [5.74, 6) is -1.48. The van der Waals surface area contributed by atoms with Crippen molar-refractivity contribution in [1.29, 1.82) is 0 Å². The molecule has 0 saturated carbocycles. The number of amides is 1. The van der Waals surface area contributed by atoms with E-state index in [1.165, 1.54) is 55.7 Å². The number of methoxy groups -OCH3 is 2. The third kappa shape index (κ3) is 5.38. The van der Waals surface area contributed by atoms with Crippen molar-refractivity contribution in [2.45, 2.75) is 6.42 Å². The molecule has 0 aliphatic carbocycles. The van der Waals surface area contributed by atoms with E-state index in [2.05, 4.69) is 0 Å². The van der Waals surface area contributed by atoms with Gasteiger partial charge >= 0.3 is 11.9 Å². The van der Waals surface area contributed by atoms with Crippen LogP contribution in [0.5, 0.6) is 17.2 Å². The van der Waals surface area contributed by atoms with E-state index in [4.69, 9.17) is 23.4 Å². The maximum absolute atomic E-state index is 12.6. The molecule has 0 unspecified atom stereocenters. The number of hydrogen-bond acceptors (Lipinski definition) is 9. The minimum atomic E-state index is -0.732. The van der Waals surface area contributed by atoms with Crippen LogP contribution in [-0.2, 0) is 14.3 Å². The number of rotatable bonds is 9. The molecular formula is C26H23NO9. The van der Waals surface area contributed by atoms with Crippen molar-refractivity contribution in [2.24, 2.45) is 5.92 Å². The van der Waals surface area contributed by atoms with Crippen molar-refractivity contribution in [1.82, 2.24) is 0 Å². The molecule has 4 rings (SSSR count). The number of benzene rings is 2. The minimum absolute atomic E-state index is 0.0517. The van der Waals surface area contributed by atoms with E-state index in [0.717, 1.165) is 0 Å². The number of nitrogens with zero attached hydrogens (tertiary/aromatic N) is 1. The second-order valence-electron chi connectivity index (χ2n) is 7.87. The Balaban J connectivity index is 1.32. The van der Waals surface area contributed by atoms with Crippen LogP contribution in [0.25, 0.3) is 0 Å². The Bertz CT molecular complexity index is 1270. The quantitative estimate of drug-likeness (QED) is 0.251. The number of anilines is 1. The van der Waals surface area contributed by atoms with Crippen LogP contribution < -0.4 is 19.1 Å². The Kier molecular flexibility index (Phi) is 7.33. The first-order valence-electron chi connectivity index (χ1n) is 11.0. The molecule has 10 heteroatoms. The van der Waals surface area contributed by atoms with Gasteiger partial charge in [0.1, 0.15) is 17.2 Å². The Morgan fingerprint density at radius 1 is 1.00 bits per heavy atom. The molecule has 2 heterocycles. The average Bonchev–Trinajstić information content (AvgIpc) is 3.57. The van der Waals surface area contributed by atoms with Gasteiger partial charge in [-0.3, -0.25) is 14.4 Å². The lowest BCUT2D eigenvalue weighted by Gasteiger charge is -2.20. The standard InChI is InChI=1S/C26H23NO9/c1-32-19-9-10-22(33-2)20(13-19)27-14-17(12-24(27)29)25(30)35-15-21(28)16-5-7-18(8-6-16)36-26(31)23-4-3-11-34-23/h3-11,13,17H,12,14-15H2,1-2H3/t17-/m1/s1. The summed E-state index contributed by atoms with van der Waals surface area (Å²) < 4.78 is 25.9. The number of ketones is 1. The SMILES string of the molecule is COc1ccc(OC)c(N2C[C@H](C(=O)OCC(=O)c3ccc(OC(=O)c4ccco4)cc3)CC2=O)c1. The topological polar surface area (TPSA) is 122 Å². The molecule has 1 atom stereocenters. The summed E-state index contributed by atoms with van der Waals surface area (Å²) in [5.41, 5.74) is 0.756. The number of carbonyl (C=O) groups excluding carboxylic acids is 4. The zero-order valence-electron chi connectivity index (χ0n) is 19.6. The normalized spacial score (nSPS) is 14.9. The molecule has 36 heavy (non-hydrogen) atoms. The maximum Gasteiger partial charge on any atom is 0.379 e. The largest absolute Gasteiger partial charge is 0.497 e. The third-order valence-electron chi connectivity index (χ3n) is 5.59. The molecular weight excluding hydrogens is 470 g/mol. The van der Waals surface area contributed by atoms with Crippen LogP contribution in [0.3, 0.4) is 0 Å². The van der Waals surface area contributed by atoms with Crippen molar-refractivity contribution in [3.63, 3.8) is 0 Å². The fraction of sp³-hybridized carbons (Fsp3) is 0.231. The summed E-state index contributed by atoms with van der Waals surface area (Å²) in [6.07, 6.45) is 1.30. The van der Waals surface area contributed by atoms with Crippen LogP contribution in [-0.4, -0.2) is 51.0 Å². The van der Waals surface area contributed by atoms with E-state index in [9.17, 15) is 19.2 Å². The van der Waals surface area contributed by atoms with Crippen LogP contribution in [0, 0.1) is 5.92 Å². The molecule has 1 amide bonds. The molecule has 3 aromatic rings. The highest BCUT2D eigenvalue weighted by Gasteiger charge is 2.37. The van der Waals surface area contributed by atoms with Gasteiger partial charge in [-0.2, -0.15) is 0 Å². The minimum Gasteiger partial charge on any atom is -0.497 e. The summed E-state index contributed by atoms with van der Waals surface area (Å²) in [6.45, 7) is -0.400. The van der Waals surface area contributed by atoms with Gasteiger partial charge in [-0.05, 0) is 48.5 Å². The van der Waals surface area contributed by atoms with Crippen molar-refractivity contribution < 1.29 is 42.5 Å². The lowest BCUT2D eigenvalue weighted by Crippen LogP contribution is -2.27. The van der Waals surface area contributed by atoms with Gasteiger partial charge in [0, 0.05) is 24.6 Å². The molecule has 0 spiro atoms. The van der Waals surface area contributed by atoms with E-state index in [1.807, 2.05) is 0 Å². The van der Waals surface area contributed by atoms with Gasteiger partial charge in [-0.15, -0.1) is 0 Å². The van der Waals surface area contributed by atoms with Crippen molar-refractivity contribution in [3.05, 3.63) is 72.2 Å². The smallest absolute Gasteiger partial charge is 0.379 e. The first-order valence-corrected chi connectivity index (χ1v) is 11.0. The number of carbonyl (C=O) groups is 4. The predicted octanol–water partition coefficient (Wildman–Crippen LogP) is 3.30. The van der Waals surface area contributed by atoms with E-state index in [1.54, 1.807) is 24.3 Å². The molecule has 10 nitrogen and oxygen atoms in total. The molecule has 186 valence electrons. The van der Waals surface area contributed by atoms with E-state index >= 15 is 0 Å². The number of hydrogen-bond donors (Lipinski definition) is 0. The van der Waals surface area contributed by atoms with Gasteiger partial charge in [0.05, 0.1) is 32.1 Å². The van der Waals surface area contributed by atoms with Gasteiger partial charge in [0.15, 0.2) is 12.4 Å². The van der Waals surface area contributed by atoms with Crippen LogP contribution in [0.4, 0.5) is 5.69 Å². The molecule has 2 aromatic carbocycles. The molecule has 1 aromatic heterocycles. The first kappa shape index (κ1) is 24.5. The molecule has 1 fully saturated rings. The Morgan fingerprint density at radius 2 is 1.75 bits per heavy atom. The summed E-state index contributed by atoms with van der Waals surface area (Å²) in [5, 5.41) is 0. The molecule has 1 saturated heterocycles. The lowest BCUT2D eigenvalue weighted by molar-refractivity contribution is -0.147. The Labute approximate surface area is 206 Å². The highest BCUT2D eigenvalue weighted by atomic mass is 16.5. The van der Waals surface area contributed by atoms with Crippen LogP contribution in [0.1, 0.15) is 27.3 Å². The summed E-state index contributed by atoms with van der Waals surface area (Å²) >= 11 is 0. The summed E-state index contributed by atoms with van der Waals surface area (Å²) in [7, 11) is 2.99. The van der Waals surface area contributed by atoms with Gasteiger partial charge in [0.2, 0.25) is 11.7 Å². The second kappa shape index (κ2) is 10.8. The highest BCUT2D eigenvalue weighted by Crippen LogP contribution is 2.36. The Morgan fingerprint density at radius 3 is 2.42 bits per heavy atom. The van der Waals surface area contributed by atoms with Crippen molar-refractivity contribution >= 4 is 29.3 Å². The molecule has 0 radical (unpaired) electrons. The van der Waals surface area contributed by atoms with Crippen molar-refractivity contribution in [3.8, 4) is 17.2 Å². The van der Waals surface area contributed by atoms with Crippen LogP contribution >= 0.6 is 0 Å². The van der Waals surface area contributed by atoms with Gasteiger partial charge in [-0.1, -0.05) is 0 Å². The van der Waals surface area contributed by atoms with Gasteiger partial charge < -0.3 is 28.3 Å². The first-order chi connectivity index (χ1) is 17.4. The lowest BCUT2D eigenvalue weighted by atomic mass is 10.1. The van der Waals surface area contributed by atoms with Gasteiger partial charge in [0.25, 0.3) is 0 Å². The van der Waals surface area contributed by atoms with Gasteiger partial charge in [-0.25, -0.2) is 4.79 Å². The summed E-state index contributed by atoms with van der Waals surface area (Å²) in [4.78, 5) is 51.1. The number of esters is 2. The number of furan rings is 1. The van der Waals surface area contributed by atoms with E-state index in [-0.39, 0.29) is 35.9 Å². The summed E-state index contributed by atoms with van der Waals surface area (Å²) in [6, 6.07) is 13.9. The second-order valence-corrected chi connectivity index (χ2v) is 7.87. The number of Topliss-reactive ketones (excluding diaryl/α,β-unsaturated/α-hetero) is 1.